The highest BCUT2D eigenvalue weighted by molar-refractivity contribution is 7.89. The Morgan fingerprint density at radius 1 is 1.38 bits per heavy atom. The van der Waals surface area contributed by atoms with E-state index >= 15 is 0 Å². The molecule has 10 heteroatoms. The molecular weight excluding hydrogens is 332 g/mol. The van der Waals surface area contributed by atoms with Gasteiger partial charge in [0.2, 0.25) is 0 Å². The first kappa shape index (κ1) is 17.1. The second-order valence-corrected chi connectivity index (χ2v) is 7.51. The molecule has 1 unspecified atom stereocenters. The Labute approximate surface area is 141 Å². The van der Waals surface area contributed by atoms with Crippen molar-refractivity contribution in [2.75, 3.05) is 19.7 Å². The fourth-order valence-corrected chi connectivity index (χ4v) is 4.09. The van der Waals surface area contributed by atoms with Crippen LogP contribution < -0.4 is 0 Å². The molecular formula is C14H22N6O3S. The largest absolute Gasteiger partial charge is 0.367 e. The third-order valence-corrected chi connectivity index (χ3v) is 5.84. The Morgan fingerprint density at radius 3 is 2.79 bits per heavy atom. The number of ether oxygens (including phenoxy) is 1. The van der Waals surface area contributed by atoms with E-state index in [1.807, 2.05) is 18.4 Å². The third kappa shape index (κ3) is 3.08. The molecule has 1 aliphatic heterocycles. The van der Waals surface area contributed by atoms with Crippen LogP contribution in [0.4, 0.5) is 0 Å². The quantitative estimate of drug-likeness (QED) is 0.845. The van der Waals surface area contributed by atoms with Gasteiger partial charge in [0.1, 0.15) is 17.8 Å². The summed E-state index contributed by atoms with van der Waals surface area (Å²) in [5.74, 6) is 1.93. The van der Waals surface area contributed by atoms with E-state index in [0.29, 0.717) is 31.3 Å². The van der Waals surface area contributed by atoms with Crippen LogP contribution in [0.2, 0.25) is 0 Å². The molecule has 3 heterocycles. The standard InChI is InChI=1S/C14H22N6O3S/c1-4-12-16-14(18-17-12)11-8-20(6-7-23-11)24(21,22)13-9-19(5-2)10(3)15-13/h9,11H,4-8H2,1-3H3,(H,16,17,18). The van der Waals surface area contributed by atoms with Crippen molar-refractivity contribution in [3.63, 3.8) is 0 Å². The summed E-state index contributed by atoms with van der Waals surface area (Å²) in [7, 11) is -3.66. The van der Waals surface area contributed by atoms with E-state index in [2.05, 4.69) is 20.2 Å². The zero-order chi connectivity index (χ0) is 17.3. The van der Waals surface area contributed by atoms with Gasteiger partial charge in [-0.25, -0.2) is 18.4 Å². The number of hydrogen-bond acceptors (Lipinski definition) is 6. The van der Waals surface area contributed by atoms with Gasteiger partial charge in [-0.05, 0) is 13.8 Å². The lowest BCUT2D eigenvalue weighted by atomic mass is 10.3. The lowest BCUT2D eigenvalue weighted by Gasteiger charge is -2.30. The molecule has 1 fully saturated rings. The van der Waals surface area contributed by atoms with Gasteiger partial charge in [0, 0.05) is 32.3 Å². The van der Waals surface area contributed by atoms with Crippen LogP contribution in [0.3, 0.4) is 0 Å². The van der Waals surface area contributed by atoms with Gasteiger partial charge >= 0.3 is 0 Å². The molecule has 0 aromatic carbocycles. The molecule has 3 rings (SSSR count). The second kappa shape index (κ2) is 6.61. The zero-order valence-electron chi connectivity index (χ0n) is 14.1. The van der Waals surface area contributed by atoms with E-state index in [1.54, 1.807) is 13.1 Å². The molecule has 24 heavy (non-hydrogen) atoms. The summed E-state index contributed by atoms with van der Waals surface area (Å²) in [5, 5.41) is 7.04. The van der Waals surface area contributed by atoms with E-state index in [9.17, 15) is 8.42 Å². The molecule has 2 aromatic rings. The molecule has 1 atom stereocenters. The van der Waals surface area contributed by atoms with Crippen LogP contribution in [0.1, 0.15) is 37.4 Å². The molecule has 0 amide bonds. The summed E-state index contributed by atoms with van der Waals surface area (Å²) in [6.45, 7) is 7.16. The SMILES string of the molecule is CCc1nc(C2CN(S(=O)(=O)c3cn(CC)c(C)n3)CCO2)n[nH]1. The van der Waals surface area contributed by atoms with E-state index in [1.165, 1.54) is 4.31 Å². The maximum atomic E-state index is 12.9. The number of nitrogens with zero attached hydrogens (tertiary/aromatic N) is 5. The maximum Gasteiger partial charge on any atom is 0.262 e. The first-order valence-electron chi connectivity index (χ1n) is 8.02. The molecule has 1 N–H and O–H groups in total. The van der Waals surface area contributed by atoms with Gasteiger partial charge in [0.15, 0.2) is 10.9 Å². The van der Waals surface area contributed by atoms with Crippen molar-refractivity contribution in [1.29, 1.82) is 0 Å². The second-order valence-electron chi connectivity index (χ2n) is 5.63. The smallest absolute Gasteiger partial charge is 0.262 e. The minimum absolute atomic E-state index is 0.0757. The van der Waals surface area contributed by atoms with Crippen LogP contribution in [0.25, 0.3) is 0 Å². The van der Waals surface area contributed by atoms with E-state index in [-0.39, 0.29) is 11.6 Å². The molecule has 0 saturated carbocycles. The summed E-state index contributed by atoms with van der Waals surface area (Å²) >= 11 is 0. The van der Waals surface area contributed by atoms with Gasteiger partial charge < -0.3 is 9.30 Å². The molecule has 2 aromatic heterocycles. The van der Waals surface area contributed by atoms with Crippen molar-refractivity contribution in [2.24, 2.45) is 0 Å². The number of aryl methyl sites for hydroxylation is 3. The fourth-order valence-electron chi connectivity index (χ4n) is 2.67. The Morgan fingerprint density at radius 2 is 2.17 bits per heavy atom. The Balaban J connectivity index is 1.82. The topological polar surface area (TPSA) is 106 Å². The summed E-state index contributed by atoms with van der Waals surface area (Å²) in [4.78, 5) is 8.54. The van der Waals surface area contributed by atoms with Gasteiger partial charge in [-0.3, -0.25) is 5.10 Å². The molecule has 0 radical (unpaired) electrons. The van der Waals surface area contributed by atoms with Crippen molar-refractivity contribution < 1.29 is 13.2 Å². The number of aromatic amines is 1. The molecule has 1 saturated heterocycles. The minimum atomic E-state index is -3.66. The number of aromatic nitrogens is 5. The van der Waals surface area contributed by atoms with Crippen LogP contribution in [0.5, 0.6) is 0 Å². The molecule has 132 valence electrons. The summed E-state index contributed by atoms with van der Waals surface area (Å²) in [6.07, 6.45) is 1.84. The van der Waals surface area contributed by atoms with E-state index in [0.717, 1.165) is 12.2 Å². The monoisotopic (exact) mass is 354 g/mol. The van der Waals surface area contributed by atoms with Crippen LogP contribution in [0, 0.1) is 6.92 Å². The lowest BCUT2D eigenvalue weighted by Crippen LogP contribution is -2.42. The lowest BCUT2D eigenvalue weighted by molar-refractivity contribution is -0.00742. The number of imidazole rings is 1. The zero-order valence-corrected chi connectivity index (χ0v) is 14.9. The Hall–Kier alpha value is -1.78. The van der Waals surface area contributed by atoms with E-state index in [4.69, 9.17) is 4.74 Å². The van der Waals surface area contributed by atoms with Crippen LogP contribution in [-0.2, 0) is 27.7 Å². The van der Waals surface area contributed by atoms with Gasteiger partial charge in [0.05, 0.1) is 6.61 Å². The van der Waals surface area contributed by atoms with Gasteiger partial charge in [0.25, 0.3) is 10.0 Å². The van der Waals surface area contributed by atoms with Crippen molar-refractivity contribution in [3.05, 3.63) is 23.7 Å². The van der Waals surface area contributed by atoms with Gasteiger partial charge in [-0.15, -0.1) is 0 Å². The summed E-state index contributed by atoms with van der Waals surface area (Å²) < 4.78 is 34.6. The number of rotatable bonds is 5. The molecule has 0 bridgehead atoms. The summed E-state index contributed by atoms with van der Waals surface area (Å²) in [6, 6.07) is 0. The average Bonchev–Trinajstić information content (AvgIpc) is 3.21. The van der Waals surface area contributed by atoms with Gasteiger partial charge in [-0.1, -0.05) is 6.92 Å². The number of morpholine rings is 1. The minimum Gasteiger partial charge on any atom is -0.367 e. The number of hydrogen-bond donors (Lipinski definition) is 1. The Kier molecular flexibility index (Phi) is 4.70. The van der Waals surface area contributed by atoms with E-state index < -0.39 is 16.1 Å². The first-order valence-corrected chi connectivity index (χ1v) is 9.46. The predicted octanol–water partition coefficient (Wildman–Crippen LogP) is 0.654. The fraction of sp³-hybridized carbons (Fsp3) is 0.643. The maximum absolute atomic E-state index is 12.9. The Bertz CT molecular complexity index is 812. The molecule has 0 aliphatic carbocycles. The van der Waals surface area contributed by atoms with Crippen LogP contribution >= 0.6 is 0 Å². The highest BCUT2D eigenvalue weighted by Crippen LogP contribution is 2.24. The van der Waals surface area contributed by atoms with Crippen LogP contribution in [0.15, 0.2) is 11.2 Å². The van der Waals surface area contributed by atoms with Crippen molar-refractivity contribution in [2.45, 2.75) is 44.9 Å². The van der Waals surface area contributed by atoms with Crippen molar-refractivity contribution >= 4 is 10.0 Å². The number of nitrogens with one attached hydrogen (secondary N) is 1. The van der Waals surface area contributed by atoms with Crippen molar-refractivity contribution in [3.8, 4) is 0 Å². The molecule has 1 aliphatic rings. The highest BCUT2D eigenvalue weighted by atomic mass is 32.2. The summed E-state index contributed by atoms with van der Waals surface area (Å²) in [5.41, 5.74) is 0. The van der Waals surface area contributed by atoms with Crippen molar-refractivity contribution in [1.82, 2.24) is 29.0 Å². The molecule has 0 spiro atoms. The third-order valence-electron chi connectivity index (χ3n) is 4.10. The predicted molar refractivity (Wildman–Crippen MR) is 85.9 cm³/mol. The first-order chi connectivity index (χ1) is 11.5. The number of H-pyrrole nitrogens is 1. The highest BCUT2D eigenvalue weighted by Gasteiger charge is 2.34. The number of sulfonamides is 1. The average molecular weight is 354 g/mol. The van der Waals surface area contributed by atoms with Gasteiger partial charge in [-0.2, -0.15) is 9.40 Å². The normalized spacial score (nSPS) is 19.7. The molecule has 9 nitrogen and oxygen atoms in total. The van der Waals surface area contributed by atoms with Crippen LogP contribution in [-0.4, -0.2) is 57.2 Å².